The van der Waals surface area contributed by atoms with E-state index >= 15 is 0 Å². The minimum atomic E-state index is -0.957. The summed E-state index contributed by atoms with van der Waals surface area (Å²) in [6, 6.07) is 6.52. The number of nitrogens with one attached hydrogen (secondary N) is 1. The first-order chi connectivity index (χ1) is 7.06. The Morgan fingerprint density at radius 3 is 2.73 bits per heavy atom. The van der Waals surface area contributed by atoms with Gasteiger partial charge in [-0.1, -0.05) is 17.8 Å². The van der Waals surface area contributed by atoms with Gasteiger partial charge >= 0.3 is 5.97 Å². The average molecular weight is 224 g/mol. The van der Waals surface area contributed by atoms with Gasteiger partial charge in [-0.05, 0) is 24.5 Å². The van der Waals surface area contributed by atoms with E-state index in [1.54, 1.807) is 36.4 Å². The molecule has 4 nitrogen and oxygen atoms in total. The van der Waals surface area contributed by atoms with Crippen LogP contribution >= 0.6 is 11.8 Å². The molecule has 0 aromatic heterocycles. The van der Waals surface area contributed by atoms with Crippen LogP contribution in [0.3, 0.4) is 0 Å². The predicted octanol–water partition coefficient (Wildman–Crippen LogP) is 2.12. The molecule has 1 aromatic carbocycles. The number of amidine groups is 1. The van der Waals surface area contributed by atoms with E-state index in [1.165, 1.54) is 17.8 Å². The van der Waals surface area contributed by atoms with Crippen molar-refractivity contribution in [3.8, 4) is 0 Å². The van der Waals surface area contributed by atoms with E-state index in [0.29, 0.717) is 10.9 Å². The van der Waals surface area contributed by atoms with Crippen LogP contribution in [0.1, 0.15) is 10.4 Å². The van der Waals surface area contributed by atoms with Gasteiger partial charge in [0.1, 0.15) is 0 Å². The molecule has 0 unspecified atom stereocenters. The third kappa shape index (κ3) is 2.73. The van der Waals surface area contributed by atoms with Gasteiger partial charge in [0.25, 0.3) is 0 Å². The summed E-state index contributed by atoms with van der Waals surface area (Å²) in [7, 11) is 1.74. The molecule has 1 aromatic rings. The van der Waals surface area contributed by atoms with Gasteiger partial charge in [0.05, 0.1) is 5.56 Å². The van der Waals surface area contributed by atoms with Gasteiger partial charge in [-0.2, -0.15) is 0 Å². The fraction of sp³-hybridized carbons (Fsp3) is 0.200. The van der Waals surface area contributed by atoms with Gasteiger partial charge < -0.3 is 10.0 Å². The van der Waals surface area contributed by atoms with Crippen LogP contribution in [0.2, 0.25) is 0 Å². The van der Waals surface area contributed by atoms with Gasteiger partial charge in [0.15, 0.2) is 5.17 Å². The van der Waals surface area contributed by atoms with E-state index in [9.17, 15) is 4.79 Å². The lowest BCUT2D eigenvalue weighted by Crippen LogP contribution is -2.22. The summed E-state index contributed by atoms with van der Waals surface area (Å²) in [6.45, 7) is 0. The van der Waals surface area contributed by atoms with Crippen molar-refractivity contribution < 1.29 is 9.90 Å². The van der Waals surface area contributed by atoms with Crippen LogP contribution in [-0.2, 0) is 0 Å². The number of benzene rings is 1. The standard InChI is InChI=1S/C10H12N2O2S/c1-12(10(11)15-2)8-5-3-4-7(6-8)9(13)14/h3-6,11H,1-2H3,(H,13,14). The van der Waals surface area contributed by atoms with Crippen molar-refractivity contribution in [1.82, 2.24) is 0 Å². The molecule has 5 heteroatoms. The number of hydrogen-bond donors (Lipinski definition) is 2. The van der Waals surface area contributed by atoms with Crippen LogP contribution in [0.4, 0.5) is 5.69 Å². The van der Waals surface area contributed by atoms with Crippen LogP contribution in [0.5, 0.6) is 0 Å². The summed E-state index contributed by atoms with van der Waals surface area (Å²) in [5.41, 5.74) is 0.933. The Morgan fingerprint density at radius 1 is 1.53 bits per heavy atom. The highest BCUT2D eigenvalue weighted by molar-refractivity contribution is 8.13. The summed E-state index contributed by atoms with van der Waals surface area (Å²) in [4.78, 5) is 12.4. The van der Waals surface area contributed by atoms with Crippen LogP contribution in [0, 0.1) is 5.41 Å². The lowest BCUT2D eigenvalue weighted by Gasteiger charge is -2.18. The monoisotopic (exact) mass is 224 g/mol. The SMILES string of the molecule is CSC(=N)N(C)c1cccc(C(=O)O)c1. The number of carboxylic acid groups (broad SMARTS) is 1. The molecule has 0 aliphatic heterocycles. The fourth-order valence-electron chi connectivity index (χ4n) is 1.10. The molecule has 0 saturated heterocycles. The molecule has 1 rings (SSSR count). The fourth-order valence-corrected chi connectivity index (χ4v) is 1.48. The highest BCUT2D eigenvalue weighted by Gasteiger charge is 2.08. The molecule has 0 fully saturated rings. The molecular formula is C10H12N2O2S. The minimum Gasteiger partial charge on any atom is -0.478 e. The highest BCUT2D eigenvalue weighted by atomic mass is 32.2. The summed E-state index contributed by atoms with van der Waals surface area (Å²) in [6.07, 6.45) is 1.81. The molecule has 0 heterocycles. The Hall–Kier alpha value is -1.49. The minimum absolute atomic E-state index is 0.230. The number of carbonyl (C=O) groups is 1. The van der Waals surface area contributed by atoms with E-state index in [0.717, 1.165) is 0 Å². The van der Waals surface area contributed by atoms with Crippen molar-refractivity contribution >= 4 is 28.6 Å². The Balaban J connectivity index is 3.00. The van der Waals surface area contributed by atoms with Gasteiger partial charge in [-0.3, -0.25) is 5.41 Å². The number of anilines is 1. The quantitative estimate of drug-likeness (QED) is 0.596. The van der Waals surface area contributed by atoms with Crippen molar-refractivity contribution in [3.05, 3.63) is 29.8 Å². The van der Waals surface area contributed by atoms with Crippen LogP contribution in [-0.4, -0.2) is 29.5 Å². The smallest absolute Gasteiger partial charge is 0.335 e. The largest absolute Gasteiger partial charge is 0.478 e. The number of aromatic carboxylic acids is 1. The van der Waals surface area contributed by atoms with Gasteiger partial charge in [0.2, 0.25) is 0 Å². The zero-order valence-corrected chi connectivity index (χ0v) is 9.34. The Bertz CT molecular complexity index is 393. The molecule has 0 saturated carbocycles. The van der Waals surface area contributed by atoms with Crippen LogP contribution in [0.25, 0.3) is 0 Å². The Morgan fingerprint density at radius 2 is 2.20 bits per heavy atom. The normalized spacial score (nSPS) is 9.73. The molecule has 0 aliphatic carbocycles. The second-order valence-electron chi connectivity index (χ2n) is 2.92. The predicted molar refractivity (Wildman–Crippen MR) is 63.0 cm³/mol. The number of thioether (sulfide) groups is 1. The number of hydrogen-bond acceptors (Lipinski definition) is 3. The summed E-state index contributed by atoms with van der Waals surface area (Å²) in [5, 5.41) is 16.8. The third-order valence-electron chi connectivity index (χ3n) is 1.98. The third-order valence-corrected chi connectivity index (χ3v) is 2.64. The summed E-state index contributed by atoms with van der Waals surface area (Å²) < 4.78 is 0. The number of carboxylic acids is 1. The van der Waals surface area contributed by atoms with E-state index in [4.69, 9.17) is 10.5 Å². The lowest BCUT2D eigenvalue weighted by atomic mass is 10.2. The van der Waals surface area contributed by atoms with Crippen molar-refractivity contribution in [3.63, 3.8) is 0 Å². The van der Waals surface area contributed by atoms with E-state index < -0.39 is 5.97 Å². The second kappa shape index (κ2) is 4.84. The zero-order chi connectivity index (χ0) is 11.4. The van der Waals surface area contributed by atoms with Gasteiger partial charge in [0, 0.05) is 12.7 Å². The van der Waals surface area contributed by atoms with Crippen molar-refractivity contribution in [2.24, 2.45) is 0 Å². The molecule has 0 radical (unpaired) electrons. The van der Waals surface area contributed by atoms with E-state index in [1.807, 2.05) is 0 Å². The summed E-state index contributed by atoms with van der Waals surface area (Å²) in [5.74, 6) is -0.957. The topological polar surface area (TPSA) is 64.4 Å². The molecule has 0 bridgehead atoms. The molecule has 0 spiro atoms. The van der Waals surface area contributed by atoms with Crippen molar-refractivity contribution in [2.75, 3.05) is 18.2 Å². The van der Waals surface area contributed by atoms with Crippen LogP contribution < -0.4 is 4.90 Å². The van der Waals surface area contributed by atoms with Crippen LogP contribution in [0.15, 0.2) is 24.3 Å². The highest BCUT2D eigenvalue weighted by Crippen LogP contribution is 2.17. The van der Waals surface area contributed by atoms with Gasteiger partial charge in [-0.15, -0.1) is 0 Å². The molecule has 2 N–H and O–H groups in total. The van der Waals surface area contributed by atoms with Crippen molar-refractivity contribution in [2.45, 2.75) is 0 Å². The number of nitrogens with zero attached hydrogens (tertiary/aromatic N) is 1. The maximum atomic E-state index is 10.7. The molecule has 0 atom stereocenters. The molecule has 80 valence electrons. The molecule has 15 heavy (non-hydrogen) atoms. The maximum Gasteiger partial charge on any atom is 0.335 e. The molecular weight excluding hydrogens is 212 g/mol. The van der Waals surface area contributed by atoms with E-state index in [-0.39, 0.29) is 5.56 Å². The molecule has 0 amide bonds. The first kappa shape index (κ1) is 11.6. The number of rotatable bonds is 2. The second-order valence-corrected chi connectivity index (χ2v) is 3.72. The molecule has 0 aliphatic rings. The lowest BCUT2D eigenvalue weighted by molar-refractivity contribution is 0.0697. The average Bonchev–Trinajstić information content (AvgIpc) is 2.27. The first-order valence-corrected chi connectivity index (χ1v) is 5.48. The zero-order valence-electron chi connectivity index (χ0n) is 8.52. The summed E-state index contributed by atoms with van der Waals surface area (Å²) >= 11 is 1.30. The first-order valence-electron chi connectivity index (χ1n) is 4.26. The van der Waals surface area contributed by atoms with Gasteiger partial charge in [-0.25, -0.2) is 4.79 Å². The Labute approximate surface area is 92.4 Å². The van der Waals surface area contributed by atoms with Crippen molar-refractivity contribution in [1.29, 1.82) is 5.41 Å². The van der Waals surface area contributed by atoms with E-state index in [2.05, 4.69) is 0 Å². The Kier molecular flexibility index (Phi) is 3.74. The maximum absolute atomic E-state index is 10.7.